The van der Waals surface area contributed by atoms with E-state index in [1.807, 2.05) is 24.4 Å². The monoisotopic (exact) mass is 384 g/mol. The number of fused-ring (bicyclic) bond motifs is 1. The van der Waals surface area contributed by atoms with E-state index in [4.69, 9.17) is 4.74 Å². The number of esters is 1. The third kappa shape index (κ3) is 3.95. The highest BCUT2D eigenvalue weighted by Crippen LogP contribution is 2.31. The Hall–Kier alpha value is -2.47. The number of thiophene rings is 1. The zero-order valence-electron chi connectivity index (χ0n) is 15.9. The van der Waals surface area contributed by atoms with Crippen LogP contribution in [0.1, 0.15) is 45.2 Å². The van der Waals surface area contributed by atoms with Crippen LogP contribution in [0.25, 0.3) is 21.3 Å². The van der Waals surface area contributed by atoms with Crippen LogP contribution in [0.2, 0.25) is 0 Å². The number of hydrogen-bond acceptors (Lipinski definition) is 5. The van der Waals surface area contributed by atoms with E-state index in [2.05, 4.69) is 24.0 Å². The lowest BCUT2D eigenvalue weighted by Gasteiger charge is -2.14. The van der Waals surface area contributed by atoms with Crippen LogP contribution >= 0.6 is 11.3 Å². The molecule has 0 aliphatic carbocycles. The lowest BCUT2D eigenvalue weighted by atomic mass is 10.0. The largest absolute Gasteiger partial charge is 0.464 e. The molecule has 0 aliphatic heterocycles. The van der Waals surface area contributed by atoms with E-state index >= 15 is 0 Å². The number of hydrogen-bond donors (Lipinski definition) is 0. The molecule has 3 aromatic rings. The lowest BCUT2D eigenvalue weighted by Crippen LogP contribution is -2.29. The van der Waals surface area contributed by atoms with E-state index in [0.29, 0.717) is 16.8 Å². The molecule has 5 nitrogen and oxygen atoms in total. The van der Waals surface area contributed by atoms with Crippen LogP contribution in [0, 0.1) is 0 Å². The Labute approximate surface area is 162 Å². The van der Waals surface area contributed by atoms with Gasteiger partial charge in [0.05, 0.1) is 18.3 Å². The molecule has 27 heavy (non-hydrogen) atoms. The average Bonchev–Trinajstić information content (AvgIpc) is 3.13. The molecule has 0 unspecified atom stereocenters. The fraction of sp³-hybridized carbons (Fsp3) is 0.381. The molecule has 0 aliphatic rings. The van der Waals surface area contributed by atoms with Crippen LogP contribution in [-0.2, 0) is 16.0 Å². The van der Waals surface area contributed by atoms with Crippen molar-refractivity contribution < 1.29 is 9.53 Å². The lowest BCUT2D eigenvalue weighted by molar-refractivity contribution is -0.147. The van der Waals surface area contributed by atoms with E-state index < -0.39 is 12.0 Å². The van der Waals surface area contributed by atoms with Gasteiger partial charge < -0.3 is 4.74 Å². The second-order valence-electron chi connectivity index (χ2n) is 6.53. The summed E-state index contributed by atoms with van der Waals surface area (Å²) in [5.41, 5.74) is 2.87. The predicted octanol–water partition coefficient (Wildman–Crippen LogP) is 4.59. The van der Waals surface area contributed by atoms with Gasteiger partial charge in [0.25, 0.3) is 5.56 Å². The third-order valence-electron chi connectivity index (χ3n) is 4.69. The first-order valence-corrected chi connectivity index (χ1v) is 10.2. The summed E-state index contributed by atoms with van der Waals surface area (Å²) in [6.45, 7) is 6.19. The van der Waals surface area contributed by atoms with E-state index in [0.717, 1.165) is 30.4 Å². The number of aromatic nitrogens is 2. The molecule has 1 atom stereocenters. The smallest absolute Gasteiger partial charge is 0.328 e. The summed E-state index contributed by atoms with van der Waals surface area (Å²) in [4.78, 5) is 30.4. The Bertz CT molecular complexity index is 989. The van der Waals surface area contributed by atoms with Crippen molar-refractivity contribution in [3.8, 4) is 11.1 Å². The van der Waals surface area contributed by atoms with Crippen LogP contribution in [0.5, 0.6) is 0 Å². The minimum atomic E-state index is -0.707. The summed E-state index contributed by atoms with van der Waals surface area (Å²) in [7, 11) is 0. The van der Waals surface area contributed by atoms with Gasteiger partial charge >= 0.3 is 5.97 Å². The maximum absolute atomic E-state index is 13.1. The van der Waals surface area contributed by atoms with Crippen LogP contribution in [0.4, 0.5) is 0 Å². The summed E-state index contributed by atoms with van der Waals surface area (Å²) in [5.74, 6) is -0.407. The normalized spacial score (nSPS) is 12.3. The molecule has 0 amide bonds. The molecule has 142 valence electrons. The molecule has 0 bridgehead atoms. The number of carbonyl (C=O) groups excluding carboxylic acids is 1. The standard InChI is InChI=1S/C21H24N2O3S/c1-4-6-11-26-21(25)14(3)23-13-22-19-18(20(23)24)17(12-27-19)16-9-7-15(5-2)8-10-16/h7-10,12-14H,4-6,11H2,1-3H3/t14-/m1/s1. The number of unbranched alkanes of at least 4 members (excludes halogenated alkanes) is 1. The highest BCUT2D eigenvalue weighted by molar-refractivity contribution is 7.17. The third-order valence-corrected chi connectivity index (χ3v) is 5.58. The molecule has 0 N–H and O–H groups in total. The predicted molar refractivity (Wildman–Crippen MR) is 109 cm³/mol. The van der Waals surface area contributed by atoms with Gasteiger partial charge in [-0.25, -0.2) is 9.78 Å². The zero-order chi connectivity index (χ0) is 19.4. The first-order valence-electron chi connectivity index (χ1n) is 9.31. The summed E-state index contributed by atoms with van der Waals surface area (Å²) in [5, 5.41) is 2.51. The zero-order valence-corrected chi connectivity index (χ0v) is 16.7. The van der Waals surface area contributed by atoms with Crippen molar-refractivity contribution in [3.05, 3.63) is 51.9 Å². The van der Waals surface area contributed by atoms with Gasteiger partial charge in [0, 0.05) is 10.9 Å². The van der Waals surface area contributed by atoms with Crippen molar-refractivity contribution in [2.24, 2.45) is 0 Å². The summed E-state index contributed by atoms with van der Waals surface area (Å²) in [6, 6.07) is 7.49. The van der Waals surface area contributed by atoms with Crippen molar-refractivity contribution in [1.29, 1.82) is 0 Å². The molecule has 0 radical (unpaired) electrons. The number of nitrogens with zero attached hydrogens (tertiary/aromatic N) is 2. The minimum absolute atomic E-state index is 0.212. The Balaban J connectivity index is 1.98. The molecule has 0 saturated carbocycles. The van der Waals surface area contributed by atoms with E-state index in [1.165, 1.54) is 27.8 Å². The van der Waals surface area contributed by atoms with E-state index in [-0.39, 0.29) is 5.56 Å². The van der Waals surface area contributed by atoms with Crippen molar-refractivity contribution in [2.75, 3.05) is 6.61 Å². The molecular formula is C21H24N2O3S. The van der Waals surface area contributed by atoms with Gasteiger partial charge in [-0.3, -0.25) is 9.36 Å². The highest BCUT2D eigenvalue weighted by atomic mass is 32.1. The van der Waals surface area contributed by atoms with Crippen molar-refractivity contribution in [3.63, 3.8) is 0 Å². The van der Waals surface area contributed by atoms with Gasteiger partial charge in [0.1, 0.15) is 10.9 Å². The SMILES string of the molecule is CCCCOC(=O)[C@@H](C)n1cnc2scc(-c3ccc(CC)cc3)c2c1=O. The van der Waals surface area contributed by atoms with Crippen molar-refractivity contribution in [2.45, 2.75) is 46.1 Å². The summed E-state index contributed by atoms with van der Waals surface area (Å²) in [6.07, 6.45) is 4.17. The molecule has 1 aromatic carbocycles. The number of ether oxygens (including phenoxy) is 1. The van der Waals surface area contributed by atoms with Gasteiger partial charge in [-0.2, -0.15) is 0 Å². The van der Waals surface area contributed by atoms with Crippen LogP contribution < -0.4 is 5.56 Å². The number of rotatable bonds is 7. The maximum Gasteiger partial charge on any atom is 0.328 e. The Morgan fingerprint density at radius 1 is 1.26 bits per heavy atom. The second-order valence-corrected chi connectivity index (χ2v) is 7.39. The number of carbonyl (C=O) groups is 1. The molecule has 3 rings (SSSR count). The van der Waals surface area contributed by atoms with Gasteiger partial charge in [0.2, 0.25) is 0 Å². The Morgan fingerprint density at radius 2 is 2.00 bits per heavy atom. The second kappa shape index (κ2) is 8.48. The fourth-order valence-electron chi connectivity index (χ4n) is 2.91. The van der Waals surface area contributed by atoms with E-state index in [1.54, 1.807) is 6.92 Å². The van der Waals surface area contributed by atoms with Crippen LogP contribution in [0.15, 0.2) is 40.8 Å². The molecule has 2 aromatic heterocycles. The first-order chi connectivity index (χ1) is 13.1. The molecule has 0 spiro atoms. The first kappa shape index (κ1) is 19.3. The minimum Gasteiger partial charge on any atom is -0.464 e. The van der Waals surface area contributed by atoms with E-state index in [9.17, 15) is 9.59 Å². The average molecular weight is 385 g/mol. The maximum atomic E-state index is 13.1. The molecule has 2 heterocycles. The topological polar surface area (TPSA) is 61.2 Å². The van der Waals surface area contributed by atoms with Gasteiger partial charge in [-0.1, -0.05) is 44.5 Å². The Morgan fingerprint density at radius 3 is 2.67 bits per heavy atom. The molecule has 6 heteroatoms. The quantitative estimate of drug-likeness (QED) is 0.441. The summed E-state index contributed by atoms with van der Waals surface area (Å²) >= 11 is 1.44. The van der Waals surface area contributed by atoms with Crippen LogP contribution in [-0.4, -0.2) is 22.1 Å². The Kier molecular flexibility index (Phi) is 6.06. The van der Waals surface area contributed by atoms with Crippen molar-refractivity contribution >= 4 is 27.5 Å². The highest BCUT2D eigenvalue weighted by Gasteiger charge is 2.21. The number of benzene rings is 1. The molecular weight excluding hydrogens is 360 g/mol. The number of aryl methyl sites for hydroxylation is 1. The fourth-order valence-corrected chi connectivity index (χ4v) is 3.81. The van der Waals surface area contributed by atoms with Gasteiger partial charge in [0.15, 0.2) is 0 Å². The van der Waals surface area contributed by atoms with Crippen LogP contribution in [0.3, 0.4) is 0 Å². The summed E-state index contributed by atoms with van der Waals surface area (Å²) < 4.78 is 6.63. The molecule has 0 saturated heterocycles. The van der Waals surface area contributed by atoms with Gasteiger partial charge in [-0.15, -0.1) is 11.3 Å². The van der Waals surface area contributed by atoms with Crippen molar-refractivity contribution in [1.82, 2.24) is 9.55 Å². The molecule has 0 fully saturated rings. The van der Waals surface area contributed by atoms with Gasteiger partial charge in [-0.05, 0) is 30.9 Å².